The van der Waals surface area contributed by atoms with E-state index in [2.05, 4.69) is 0 Å². The van der Waals surface area contributed by atoms with E-state index in [0.717, 1.165) is 68.9 Å². The molecule has 8 heteroatoms. The van der Waals surface area contributed by atoms with Gasteiger partial charge in [-0.1, -0.05) is 38.1 Å². The highest BCUT2D eigenvalue weighted by Gasteiger charge is 2.34. The van der Waals surface area contributed by atoms with Gasteiger partial charge in [-0.2, -0.15) is 0 Å². The van der Waals surface area contributed by atoms with Gasteiger partial charge < -0.3 is 39.4 Å². The lowest BCUT2D eigenvalue weighted by atomic mass is 9.95. The quantitative estimate of drug-likeness (QED) is 0.205. The Hall–Kier alpha value is -2.20. The van der Waals surface area contributed by atoms with E-state index < -0.39 is 18.7 Å². The van der Waals surface area contributed by atoms with E-state index in [9.17, 15) is 20.4 Å². The van der Waals surface area contributed by atoms with Crippen molar-refractivity contribution in [2.24, 2.45) is 0 Å². The minimum absolute atomic E-state index is 0.0179. The fraction of sp³-hybridized carbons (Fsp3) is 0.636. The van der Waals surface area contributed by atoms with E-state index in [4.69, 9.17) is 18.9 Å². The van der Waals surface area contributed by atoms with Crippen LogP contribution in [-0.4, -0.2) is 57.0 Å². The third-order valence-electron chi connectivity index (χ3n) is 8.24. The van der Waals surface area contributed by atoms with Crippen molar-refractivity contribution in [1.29, 1.82) is 0 Å². The fourth-order valence-electron chi connectivity index (χ4n) is 5.69. The van der Waals surface area contributed by atoms with Gasteiger partial charge in [0.1, 0.15) is 11.5 Å². The Morgan fingerprint density at radius 3 is 1.49 bits per heavy atom. The molecule has 0 aromatic heterocycles. The summed E-state index contributed by atoms with van der Waals surface area (Å²) in [5, 5.41) is 39.7. The summed E-state index contributed by atoms with van der Waals surface area (Å²) in [6, 6.07) is 13.9. The van der Waals surface area contributed by atoms with E-state index in [-0.39, 0.29) is 42.0 Å². The highest BCUT2D eigenvalue weighted by atomic mass is 16.7. The molecule has 228 valence electrons. The average Bonchev–Trinajstić information content (AvgIpc) is 2.97. The standard InChI is InChI=1S/C33H48O8/c1-3-24(34)7-5-8-28-20-29(39-32(38-28)22-11-15-26(36)16-12-22)9-6-10-30-21-31(19-25(35)4-2)41-33(40-30)23-13-17-27(37)18-14-23/h11-18,24-25,28-37H,3-10,19-21H2,1-2H3. The van der Waals surface area contributed by atoms with Crippen LogP contribution in [-0.2, 0) is 18.9 Å². The van der Waals surface area contributed by atoms with Crippen LogP contribution in [0.1, 0.15) is 108 Å². The van der Waals surface area contributed by atoms with E-state index in [0.29, 0.717) is 12.8 Å². The molecule has 2 aliphatic heterocycles. The molecule has 2 fully saturated rings. The van der Waals surface area contributed by atoms with Gasteiger partial charge >= 0.3 is 0 Å². The molecule has 0 aliphatic carbocycles. The molecule has 0 saturated carbocycles. The smallest absolute Gasteiger partial charge is 0.184 e. The summed E-state index contributed by atoms with van der Waals surface area (Å²) in [7, 11) is 0. The maximum atomic E-state index is 10.3. The van der Waals surface area contributed by atoms with Gasteiger partial charge in [0.15, 0.2) is 12.6 Å². The summed E-state index contributed by atoms with van der Waals surface area (Å²) in [5.41, 5.74) is 1.73. The van der Waals surface area contributed by atoms with Crippen LogP contribution in [0.15, 0.2) is 48.5 Å². The van der Waals surface area contributed by atoms with Crippen molar-refractivity contribution in [3.05, 3.63) is 59.7 Å². The molecule has 2 aliphatic rings. The number of aliphatic hydroxyl groups excluding tert-OH is 2. The molecular formula is C33H48O8. The number of phenols is 2. The topological polar surface area (TPSA) is 118 Å². The van der Waals surface area contributed by atoms with E-state index in [1.54, 1.807) is 24.3 Å². The lowest BCUT2D eigenvalue weighted by Gasteiger charge is -2.38. The Labute approximate surface area is 244 Å². The van der Waals surface area contributed by atoms with Gasteiger partial charge in [0.2, 0.25) is 0 Å². The maximum Gasteiger partial charge on any atom is 0.184 e. The molecule has 0 spiro atoms. The van der Waals surface area contributed by atoms with E-state index >= 15 is 0 Å². The monoisotopic (exact) mass is 572 g/mol. The number of rotatable bonds is 14. The third kappa shape index (κ3) is 9.94. The highest BCUT2D eigenvalue weighted by molar-refractivity contribution is 5.27. The molecule has 8 atom stereocenters. The Bertz CT molecular complexity index is 1010. The minimum atomic E-state index is -0.538. The van der Waals surface area contributed by atoms with Crippen molar-refractivity contribution in [2.75, 3.05) is 0 Å². The first kappa shape index (κ1) is 31.7. The van der Waals surface area contributed by atoms with Crippen LogP contribution in [0.4, 0.5) is 0 Å². The molecule has 0 radical (unpaired) electrons. The van der Waals surface area contributed by atoms with Crippen molar-refractivity contribution >= 4 is 0 Å². The summed E-state index contributed by atoms with van der Waals surface area (Å²) < 4.78 is 25.3. The number of benzene rings is 2. The van der Waals surface area contributed by atoms with Crippen LogP contribution in [0, 0.1) is 0 Å². The fourth-order valence-corrected chi connectivity index (χ4v) is 5.69. The van der Waals surface area contributed by atoms with E-state index in [1.165, 1.54) is 0 Å². The first-order chi connectivity index (χ1) is 19.8. The first-order valence-corrected chi connectivity index (χ1v) is 15.4. The van der Waals surface area contributed by atoms with Crippen molar-refractivity contribution in [1.82, 2.24) is 0 Å². The zero-order chi connectivity index (χ0) is 29.2. The second-order valence-electron chi connectivity index (χ2n) is 11.6. The second-order valence-corrected chi connectivity index (χ2v) is 11.6. The van der Waals surface area contributed by atoms with Crippen molar-refractivity contribution in [2.45, 2.75) is 134 Å². The number of aliphatic hydroxyl groups is 2. The van der Waals surface area contributed by atoms with Crippen molar-refractivity contribution in [3.8, 4) is 11.5 Å². The average molecular weight is 573 g/mol. The number of phenolic OH excluding ortho intramolecular Hbond substituents is 2. The first-order valence-electron chi connectivity index (χ1n) is 15.4. The normalized spacial score (nSPS) is 28.3. The Kier molecular flexibility index (Phi) is 12.3. The predicted molar refractivity (Wildman–Crippen MR) is 155 cm³/mol. The molecule has 2 heterocycles. The minimum Gasteiger partial charge on any atom is -0.508 e. The van der Waals surface area contributed by atoms with Gasteiger partial charge in [0, 0.05) is 24.0 Å². The molecular weight excluding hydrogens is 524 g/mol. The number of ether oxygens (including phenoxy) is 4. The van der Waals surface area contributed by atoms with Gasteiger partial charge in [-0.3, -0.25) is 0 Å². The van der Waals surface area contributed by atoms with Crippen LogP contribution in [0.5, 0.6) is 11.5 Å². The number of aromatic hydroxyl groups is 2. The molecule has 2 saturated heterocycles. The predicted octanol–water partition coefficient (Wildman–Crippen LogP) is 6.42. The van der Waals surface area contributed by atoms with Crippen LogP contribution >= 0.6 is 0 Å². The summed E-state index contributed by atoms with van der Waals surface area (Å²) in [6.45, 7) is 3.97. The SMILES string of the molecule is CCC(O)CCCC1CC(CCCC2CC(CC(O)CC)OC(c3ccc(O)cc3)O2)OC(c2ccc(O)cc2)O1. The molecule has 2 aromatic carbocycles. The van der Waals surface area contributed by atoms with Crippen LogP contribution < -0.4 is 0 Å². The van der Waals surface area contributed by atoms with Crippen molar-refractivity contribution < 1.29 is 39.4 Å². The highest BCUT2D eigenvalue weighted by Crippen LogP contribution is 2.37. The summed E-state index contributed by atoms with van der Waals surface area (Å²) in [5.74, 6) is 0.402. The maximum absolute atomic E-state index is 10.3. The molecule has 8 nitrogen and oxygen atoms in total. The van der Waals surface area contributed by atoms with Gasteiger partial charge in [-0.15, -0.1) is 0 Å². The Balaban J connectivity index is 1.36. The lowest BCUT2D eigenvalue weighted by Crippen LogP contribution is -2.36. The molecule has 2 aromatic rings. The summed E-state index contributed by atoms with van der Waals surface area (Å²) in [4.78, 5) is 0. The summed E-state index contributed by atoms with van der Waals surface area (Å²) in [6.07, 6.45) is 6.88. The largest absolute Gasteiger partial charge is 0.508 e. The van der Waals surface area contributed by atoms with Gasteiger partial charge in [0.25, 0.3) is 0 Å². The Morgan fingerprint density at radius 1 is 0.610 bits per heavy atom. The van der Waals surface area contributed by atoms with E-state index in [1.807, 2.05) is 38.1 Å². The van der Waals surface area contributed by atoms with Gasteiger partial charge in [-0.05, 0) is 82.1 Å². The zero-order valence-electron chi connectivity index (χ0n) is 24.4. The zero-order valence-corrected chi connectivity index (χ0v) is 24.4. The van der Waals surface area contributed by atoms with Crippen LogP contribution in [0.25, 0.3) is 0 Å². The second kappa shape index (κ2) is 15.9. The molecule has 4 N–H and O–H groups in total. The molecule has 0 amide bonds. The Morgan fingerprint density at radius 2 is 1.02 bits per heavy atom. The van der Waals surface area contributed by atoms with Crippen LogP contribution in [0.3, 0.4) is 0 Å². The van der Waals surface area contributed by atoms with Gasteiger partial charge in [-0.25, -0.2) is 0 Å². The van der Waals surface area contributed by atoms with Crippen molar-refractivity contribution in [3.63, 3.8) is 0 Å². The third-order valence-corrected chi connectivity index (χ3v) is 8.24. The molecule has 4 rings (SSSR count). The van der Waals surface area contributed by atoms with Gasteiger partial charge in [0.05, 0.1) is 36.6 Å². The number of hydrogen-bond donors (Lipinski definition) is 4. The molecule has 8 unspecified atom stereocenters. The summed E-state index contributed by atoms with van der Waals surface area (Å²) >= 11 is 0. The van der Waals surface area contributed by atoms with Crippen LogP contribution in [0.2, 0.25) is 0 Å². The number of hydrogen-bond acceptors (Lipinski definition) is 8. The lowest BCUT2D eigenvalue weighted by molar-refractivity contribution is -0.257. The molecule has 41 heavy (non-hydrogen) atoms. The molecule has 0 bridgehead atoms.